The first-order chi connectivity index (χ1) is 6.24. The molecular formula is C10H22N2O. The highest BCUT2D eigenvalue weighted by atomic mass is 16.5. The monoisotopic (exact) mass is 186 g/mol. The first-order valence-electron chi connectivity index (χ1n) is 5.17. The number of nitrogens with two attached hydrogens (primary N) is 1. The molecule has 0 saturated heterocycles. The Morgan fingerprint density at radius 1 is 1.54 bits per heavy atom. The molecular weight excluding hydrogens is 164 g/mol. The predicted octanol–water partition coefficient (Wildman–Crippen LogP) is 0.692. The van der Waals surface area contributed by atoms with Gasteiger partial charge < -0.3 is 15.4 Å². The second-order valence-corrected chi connectivity index (χ2v) is 4.11. The van der Waals surface area contributed by atoms with Gasteiger partial charge in [0, 0.05) is 32.8 Å². The smallest absolute Gasteiger partial charge is 0.0474 e. The van der Waals surface area contributed by atoms with E-state index in [4.69, 9.17) is 10.5 Å². The van der Waals surface area contributed by atoms with Crippen LogP contribution in [0.5, 0.6) is 0 Å². The van der Waals surface area contributed by atoms with Gasteiger partial charge in [-0.05, 0) is 32.2 Å². The molecule has 3 heteroatoms. The SMILES string of the molecule is COCCCN(C)CC(N)C1CC1. The standard InChI is InChI=1S/C10H22N2O/c1-12(6-3-7-13-2)8-10(11)9-4-5-9/h9-10H,3-8,11H2,1-2H3. The number of likely N-dealkylation sites (N-methyl/N-ethyl adjacent to an activating group) is 1. The average molecular weight is 186 g/mol. The maximum Gasteiger partial charge on any atom is 0.0474 e. The quantitative estimate of drug-likeness (QED) is 0.595. The molecule has 3 nitrogen and oxygen atoms in total. The van der Waals surface area contributed by atoms with Crippen molar-refractivity contribution >= 4 is 0 Å². The van der Waals surface area contributed by atoms with Crippen LogP contribution in [0.15, 0.2) is 0 Å². The van der Waals surface area contributed by atoms with Gasteiger partial charge in [0.1, 0.15) is 0 Å². The van der Waals surface area contributed by atoms with E-state index in [0.717, 1.165) is 32.0 Å². The molecule has 1 rings (SSSR count). The number of rotatable bonds is 7. The summed E-state index contributed by atoms with van der Waals surface area (Å²) < 4.78 is 5.00. The van der Waals surface area contributed by atoms with Crippen LogP contribution in [0, 0.1) is 5.92 Å². The number of hydrogen-bond acceptors (Lipinski definition) is 3. The second-order valence-electron chi connectivity index (χ2n) is 4.11. The Kier molecular flexibility index (Phi) is 4.70. The normalized spacial score (nSPS) is 19.4. The maximum atomic E-state index is 6.01. The van der Waals surface area contributed by atoms with Crippen LogP contribution in [0.1, 0.15) is 19.3 Å². The van der Waals surface area contributed by atoms with Crippen LogP contribution in [-0.2, 0) is 4.74 Å². The molecule has 0 aromatic heterocycles. The molecule has 1 fully saturated rings. The van der Waals surface area contributed by atoms with Gasteiger partial charge in [0.2, 0.25) is 0 Å². The molecule has 13 heavy (non-hydrogen) atoms. The number of ether oxygens (including phenoxy) is 1. The van der Waals surface area contributed by atoms with E-state index in [1.807, 2.05) is 0 Å². The van der Waals surface area contributed by atoms with Crippen molar-refractivity contribution in [1.82, 2.24) is 4.90 Å². The fourth-order valence-corrected chi connectivity index (χ4v) is 1.60. The first-order valence-corrected chi connectivity index (χ1v) is 5.17. The molecule has 0 aromatic carbocycles. The molecule has 0 aliphatic heterocycles. The third-order valence-electron chi connectivity index (χ3n) is 2.64. The van der Waals surface area contributed by atoms with Gasteiger partial charge in [0.25, 0.3) is 0 Å². The lowest BCUT2D eigenvalue weighted by atomic mass is 10.2. The molecule has 1 saturated carbocycles. The highest BCUT2D eigenvalue weighted by Crippen LogP contribution is 2.31. The molecule has 0 radical (unpaired) electrons. The van der Waals surface area contributed by atoms with Crippen LogP contribution in [-0.4, -0.2) is 44.8 Å². The lowest BCUT2D eigenvalue weighted by Crippen LogP contribution is -2.37. The summed E-state index contributed by atoms with van der Waals surface area (Å²) in [5.41, 5.74) is 6.01. The van der Waals surface area contributed by atoms with Crippen LogP contribution in [0.25, 0.3) is 0 Å². The predicted molar refractivity (Wildman–Crippen MR) is 54.7 cm³/mol. The van der Waals surface area contributed by atoms with Crippen molar-refractivity contribution in [2.24, 2.45) is 11.7 Å². The molecule has 0 aromatic rings. The Balaban J connectivity index is 1.98. The van der Waals surface area contributed by atoms with Crippen molar-refractivity contribution in [3.63, 3.8) is 0 Å². The van der Waals surface area contributed by atoms with E-state index in [0.29, 0.717) is 6.04 Å². The van der Waals surface area contributed by atoms with Gasteiger partial charge in [-0.15, -0.1) is 0 Å². The zero-order valence-corrected chi connectivity index (χ0v) is 8.83. The Bertz CT molecular complexity index is 137. The van der Waals surface area contributed by atoms with Crippen molar-refractivity contribution in [2.45, 2.75) is 25.3 Å². The Morgan fingerprint density at radius 2 is 2.23 bits per heavy atom. The minimum absolute atomic E-state index is 0.396. The maximum absolute atomic E-state index is 6.01. The minimum atomic E-state index is 0.396. The van der Waals surface area contributed by atoms with Crippen molar-refractivity contribution in [3.8, 4) is 0 Å². The fraction of sp³-hybridized carbons (Fsp3) is 1.00. The number of hydrogen-bond donors (Lipinski definition) is 1. The summed E-state index contributed by atoms with van der Waals surface area (Å²) in [7, 11) is 3.88. The largest absolute Gasteiger partial charge is 0.385 e. The number of nitrogens with zero attached hydrogens (tertiary/aromatic N) is 1. The minimum Gasteiger partial charge on any atom is -0.385 e. The van der Waals surface area contributed by atoms with Gasteiger partial charge in [-0.3, -0.25) is 0 Å². The molecule has 1 atom stereocenters. The van der Waals surface area contributed by atoms with E-state index in [9.17, 15) is 0 Å². The fourth-order valence-electron chi connectivity index (χ4n) is 1.60. The first kappa shape index (κ1) is 11.0. The number of methoxy groups -OCH3 is 1. The zero-order valence-electron chi connectivity index (χ0n) is 8.83. The van der Waals surface area contributed by atoms with E-state index in [-0.39, 0.29) is 0 Å². The van der Waals surface area contributed by atoms with Gasteiger partial charge in [-0.25, -0.2) is 0 Å². The Morgan fingerprint density at radius 3 is 2.77 bits per heavy atom. The Hall–Kier alpha value is -0.120. The summed E-state index contributed by atoms with van der Waals surface area (Å²) in [5.74, 6) is 0.810. The summed E-state index contributed by atoms with van der Waals surface area (Å²) in [6.07, 6.45) is 3.78. The van der Waals surface area contributed by atoms with E-state index in [2.05, 4.69) is 11.9 Å². The van der Waals surface area contributed by atoms with Crippen molar-refractivity contribution in [3.05, 3.63) is 0 Å². The molecule has 0 heterocycles. The molecule has 78 valence electrons. The molecule has 0 bridgehead atoms. The van der Waals surface area contributed by atoms with Crippen LogP contribution < -0.4 is 5.73 Å². The lowest BCUT2D eigenvalue weighted by Gasteiger charge is -2.20. The molecule has 0 amide bonds. The topological polar surface area (TPSA) is 38.5 Å². The van der Waals surface area contributed by atoms with Crippen molar-refractivity contribution in [2.75, 3.05) is 33.9 Å². The molecule has 1 aliphatic rings. The summed E-state index contributed by atoms with van der Waals surface area (Å²) in [6.45, 7) is 2.98. The third kappa shape index (κ3) is 4.60. The van der Waals surface area contributed by atoms with Gasteiger partial charge in [0.05, 0.1) is 0 Å². The highest BCUT2D eigenvalue weighted by Gasteiger charge is 2.28. The van der Waals surface area contributed by atoms with E-state index in [1.54, 1.807) is 7.11 Å². The zero-order chi connectivity index (χ0) is 9.68. The van der Waals surface area contributed by atoms with E-state index < -0.39 is 0 Å². The summed E-state index contributed by atoms with van der Waals surface area (Å²) in [4.78, 5) is 2.31. The van der Waals surface area contributed by atoms with Crippen LogP contribution in [0.3, 0.4) is 0 Å². The molecule has 0 spiro atoms. The van der Waals surface area contributed by atoms with Crippen molar-refractivity contribution in [1.29, 1.82) is 0 Å². The summed E-state index contributed by atoms with van der Waals surface area (Å²) >= 11 is 0. The third-order valence-corrected chi connectivity index (χ3v) is 2.64. The average Bonchev–Trinajstić information content (AvgIpc) is 2.86. The van der Waals surface area contributed by atoms with Gasteiger partial charge >= 0.3 is 0 Å². The molecule has 1 unspecified atom stereocenters. The molecule has 2 N–H and O–H groups in total. The van der Waals surface area contributed by atoms with Crippen LogP contribution in [0.2, 0.25) is 0 Å². The molecule has 1 aliphatic carbocycles. The van der Waals surface area contributed by atoms with E-state index >= 15 is 0 Å². The van der Waals surface area contributed by atoms with Crippen molar-refractivity contribution < 1.29 is 4.74 Å². The van der Waals surface area contributed by atoms with Crippen LogP contribution in [0.4, 0.5) is 0 Å². The second kappa shape index (κ2) is 5.58. The summed E-state index contributed by atoms with van der Waals surface area (Å²) in [6, 6.07) is 0.396. The van der Waals surface area contributed by atoms with Crippen LogP contribution >= 0.6 is 0 Å². The highest BCUT2D eigenvalue weighted by molar-refractivity contribution is 4.85. The van der Waals surface area contributed by atoms with Gasteiger partial charge in [-0.2, -0.15) is 0 Å². The van der Waals surface area contributed by atoms with E-state index in [1.165, 1.54) is 12.8 Å². The van der Waals surface area contributed by atoms with Gasteiger partial charge in [0.15, 0.2) is 0 Å². The Labute approximate surface area is 81.2 Å². The van der Waals surface area contributed by atoms with Gasteiger partial charge in [-0.1, -0.05) is 0 Å². The summed E-state index contributed by atoms with van der Waals surface area (Å²) in [5, 5.41) is 0. The lowest BCUT2D eigenvalue weighted by molar-refractivity contribution is 0.177.